The van der Waals surface area contributed by atoms with Gasteiger partial charge in [0.25, 0.3) is 0 Å². The Hall–Kier alpha value is -6.94. The van der Waals surface area contributed by atoms with E-state index in [1.165, 1.54) is 92.0 Å². The molecule has 0 saturated carbocycles. The number of hydrogen-bond donors (Lipinski definition) is 0. The van der Waals surface area contributed by atoms with Crippen molar-refractivity contribution in [3.05, 3.63) is 198 Å². The maximum atomic E-state index is 6.83. The van der Waals surface area contributed by atoms with Gasteiger partial charge in [-0.2, -0.15) is 0 Å². The summed E-state index contributed by atoms with van der Waals surface area (Å²) >= 11 is 1.85. The largest absolute Gasteiger partial charge is 0.455 e. The number of thiophene rings is 1. The van der Waals surface area contributed by atoms with Crippen LogP contribution in [0.4, 0.5) is 17.1 Å². The minimum Gasteiger partial charge on any atom is -0.455 e. The van der Waals surface area contributed by atoms with E-state index in [2.05, 4.69) is 209 Å². The van der Waals surface area contributed by atoms with E-state index in [1.807, 2.05) is 11.3 Å². The van der Waals surface area contributed by atoms with E-state index in [0.29, 0.717) is 0 Å². The van der Waals surface area contributed by atoms with Crippen molar-refractivity contribution in [2.75, 3.05) is 4.90 Å². The number of anilines is 3. The van der Waals surface area contributed by atoms with E-state index in [-0.39, 0.29) is 10.8 Å². The molecule has 2 heterocycles. The summed E-state index contributed by atoms with van der Waals surface area (Å²) in [4.78, 5) is 2.49. The van der Waals surface area contributed by atoms with Crippen LogP contribution in [0.2, 0.25) is 0 Å². The van der Waals surface area contributed by atoms with Crippen LogP contribution in [-0.2, 0) is 10.8 Å². The summed E-state index contributed by atoms with van der Waals surface area (Å²) in [5.41, 5.74) is 18.5. The van der Waals surface area contributed by atoms with E-state index in [0.717, 1.165) is 33.6 Å². The Morgan fingerprint density at radius 2 is 1.11 bits per heavy atom. The van der Waals surface area contributed by atoms with E-state index in [4.69, 9.17) is 4.42 Å². The fourth-order valence-electron chi connectivity index (χ4n) is 11.2. The molecule has 0 spiro atoms. The van der Waals surface area contributed by atoms with Crippen LogP contribution in [0.5, 0.6) is 0 Å². The summed E-state index contributed by atoms with van der Waals surface area (Å²) < 4.78 is 9.29. The fraction of sp³-hybridized carbons (Fsp3) is 0.103. The van der Waals surface area contributed by atoms with Crippen molar-refractivity contribution in [2.24, 2.45) is 0 Å². The molecule has 0 amide bonds. The first-order valence-corrected chi connectivity index (χ1v) is 22.2. The minimum absolute atomic E-state index is 0.1000. The lowest BCUT2D eigenvalue weighted by Crippen LogP contribution is -2.16. The van der Waals surface area contributed by atoms with E-state index < -0.39 is 0 Å². The molecule has 3 heteroatoms. The number of furan rings is 1. The molecule has 0 bridgehead atoms. The Balaban J connectivity index is 1.02. The third kappa shape index (κ3) is 4.73. The van der Waals surface area contributed by atoms with Gasteiger partial charge in [-0.25, -0.2) is 0 Å². The molecule has 0 fully saturated rings. The molecule has 0 radical (unpaired) electrons. The highest BCUT2D eigenvalue weighted by Gasteiger charge is 2.38. The molecular formula is C58H41NOS. The zero-order valence-corrected chi connectivity index (χ0v) is 35.3. The van der Waals surface area contributed by atoms with Crippen LogP contribution in [0.25, 0.3) is 86.3 Å². The van der Waals surface area contributed by atoms with Gasteiger partial charge in [-0.3, -0.25) is 0 Å². The highest BCUT2D eigenvalue weighted by Crippen LogP contribution is 2.54. The van der Waals surface area contributed by atoms with Crippen molar-refractivity contribution in [3.63, 3.8) is 0 Å². The highest BCUT2D eigenvalue weighted by molar-refractivity contribution is 7.26. The molecule has 0 saturated heterocycles. The summed E-state index contributed by atoms with van der Waals surface area (Å²) in [7, 11) is 0. The van der Waals surface area contributed by atoms with E-state index in [9.17, 15) is 0 Å². The van der Waals surface area contributed by atoms with Gasteiger partial charge in [0.15, 0.2) is 0 Å². The van der Waals surface area contributed by atoms with Gasteiger partial charge < -0.3 is 9.32 Å². The normalized spacial score (nSPS) is 14.5. The molecule has 2 aromatic heterocycles. The van der Waals surface area contributed by atoms with Crippen molar-refractivity contribution in [1.82, 2.24) is 0 Å². The van der Waals surface area contributed by atoms with Crippen molar-refractivity contribution < 1.29 is 4.42 Å². The first-order chi connectivity index (χ1) is 29.8. The summed E-state index contributed by atoms with van der Waals surface area (Å²) in [5.74, 6) is 0. The lowest BCUT2D eigenvalue weighted by atomic mass is 9.79. The molecule has 2 aliphatic carbocycles. The van der Waals surface area contributed by atoms with Crippen LogP contribution in [-0.4, -0.2) is 0 Å². The molecule has 2 aliphatic rings. The molecule has 0 unspecified atom stereocenters. The van der Waals surface area contributed by atoms with Crippen molar-refractivity contribution in [1.29, 1.82) is 0 Å². The second-order valence-electron chi connectivity index (χ2n) is 18.0. The van der Waals surface area contributed by atoms with Gasteiger partial charge in [0.2, 0.25) is 0 Å². The lowest BCUT2D eigenvalue weighted by molar-refractivity contribution is 0.660. The van der Waals surface area contributed by atoms with Crippen LogP contribution in [0.15, 0.2) is 180 Å². The number of fused-ring (bicyclic) bond motifs is 15. The van der Waals surface area contributed by atoms with E-state index in [1.54, 1.807) is 0 Å². The van der Waals surface area contributed by atoms with Gasteiger partial charge in [0.05, 0.1) is 10.4 Å². The second kappa shape index (κ2) is 12.3. The quantitative estimate of drug-likeness (QED) is 0.176. The number of rotatable bonds is 4. The van der Waals surface area contributed by atoms with Gasteiger partial charge in [-0.1, -0.05) is 155 Å². The Morgan fingerprint density at radius 3 is 1.95 bits per heavy atom. The standard InChI is InChI=1S/C58H41NOS/c1-57(2)46-20-9-7-15-40(46)42-29-28-37(33-48(42)57)59(36-26-23-35(24-27-36)39-17-11-18-43-41-16-8-10-21-47(41)58(3,4)54(39)43)49-22-12-19-45-53-51(61-56(45)49)32-30-44-52-38-14-6-5-13-34(38)25-31-50(52)60-55(44)53/h5-33H,1-4H3. The maximum absolute atomic E-state index is 6.83. The molecule has 2 nitrogen and oxygen atoms in total. The van der Waals surface area contributed by atoms with Crippen molar-refractivity contribution in [3.8, 4) is 33.4 Å². The highest BCUT2D eigenvalue weighted by atomic mass is 32.1. The van der Waals surface area contributed by atoms with Crippen LogP contribution in [0.1, 0.15) is 49.9 Å². The number of hydrogen-bond acceptors (Lipinski definition) is 3. The first-order valence-electron chi connectivity index (χ1n) is 21.3. The van der Waals surface area contributed by atoms with Crippen LogP contribution < -0.4 is 4.90 Å². The van der Waals surface area contributed by atoms with Gasteiger partial charge in [0, 0.05) is 48.4 Å². The Bertz CT molecular complexity index is 3650. The first kappa shape index (κ1) is 34.9. The number of benzene rings is 9. The molecule has 61 heavy (non-hydrogen) atoms. The topological polar surface area (TPSA) is 16.4 Å². The summed E-state index contributed by atoms with van der Waals surface area (Å²) in [5, 5.41) is 7.19. The summed E-state index contributed by atoms with van der Waals surface area (Å²) in [6.07, 6.45) is 0. The SMILES string of the molecule is CC1(C)c2ccccc2-c2ccc(N(c3ccc(-c4cccc5c4C(C)(C)c4ccccc4-5)cc3)c3cccc4c3sc3ccc5c(oc6ccc7ccccc7c65)c34)cc21. The molecular weight excluding hydrogens is 759 g/mol. The van der Waals surface area contributed by atoms with Crippen LogP contribution in [0.3, 0.4) is 0 Å². The Kier molecular flexibility index (Phi) is 7.04. The van der Waals surface area contributed by atoms with E-state index >= 15 is 0 Å². The van der Waals surface area contributed by atoms with Crippen LogP contribution >= 0.6 is 11.3 Å². The number of nitrogens with zero attached hydrogens (tertiary/aromatic N) is 1. The fourth-order valence-corrected chi connectivity index (χ4v) is 12.4. The third-order valence-corrected chi connectivity index (χ3v) is 15.2. The average Bonchev–Trinajstić information content (AvgIpc) is 4.00. The molecule has 9 aromatic carbocycles. The predicted molar refractivity (Wildman–Crippen MR) is 259 cm³/mol. The third-order valence-electron chi connectivity index (χ3n) is 14.0. The minimum atomic E-state index is -0.129. The predicted octanol–water partition coefficient (Wildman–Crippen LogP) is 16.9. The monoisotopic (exact) mass is 799 g/mol. The smallest absolute Gasteiger partial charge is 0.144 e. The van der Waals surface area contributed by atoms with Gasteiger partial charge in [-0.15, -0.1) is 11.3 Å². The zero-order valence-electron chi connectivity index (χ0n) is 34.5. The lowest BCUT2D eigenvalue weighted by Gasteiger charge is -2.29. The average molecular weight is 800 g/mol. The summed E-state index contributed by atoms with van der Waals surface area (Å²) in [6, 6.07) is 65.4. The second-order valence-corrected chi connectivity index (χ2v) is 19.1. The zero-order chi connectivity index (χ0) is 40.8. The maximum Gasteiger partial charge on any atom is 0.144 e. The van der Waals surface area contributed by atoms with Crippen LogP contribution in [0, 0.1) is 0 Å². The molecule has 0 atom stereocenters. The summed E-state index contributed by atoms with van der Waals surface area (Å²) in [6.45, 7) is 9.48. The van der Waals surface area contributed by atoms with Gasteiger partial charge in [0.1, 0.15) is 11.2 Å². The molecule has 11 aromatic rings. The van der Waals surface area contributed by atoms with Crippen molar-refractivity contribution in [2.45, 2.75) is 38.5 Å². The molecule has 290 valence electrons. The van der Waals surface area contributed by atoms with Gasteiger partial charge in [-0.05, 0) is 115 Å². The Morgan fingerprint density at radius 1 is 0.459 bits per heavy atom. The molecule has 0 N–H and O–H groups in total. The molecule has 13 rings (SSSR count). The van der Waals surface area contributed by atoms with Crippen molar-refractivity contribution >= 4 is 81.3 Å². The van der Waals surface area contributed by atoms with Gasteiger partial charge >= 0.3 is 0 Å². The molecule has 0 aliphatic heterocycles. The Labute approximate surface area is 358 Å².